The number of benzene rings is 1. The Balaban J connectivity index is 2.27. The molecular weight excluding hydrogens is 271 g/mol. The van der Waals surface area contributed by atoms with E-state index in [2.05, 4.69) is 5.32 Å². The van der Waals surface area contributed by atoms with Crippen LogP contribution < -0.4 is 15.8 Å². The van der Waals surface area contributed by atoms with E-state index in [1.54, 1.807) is 13.2 Å². The van der Waals surface area contributed by atoms with Crippen LogP contribution in [0.4, 0.5) is 0 Å². The minimum atomic E-state index is -0.0585. The van der Waals surface area contributed by atoms with Crippen molar-refractivity contribution in [1.29, 1.82) is 0 Å². The largest absolute Gasteiger partial charge is 0.496 e. The summed E-state index contributed by atoms with van der Waals surface area (Å²) in [5.41, 5.74) is 7.30. The van der Waals surface area contributed by atoms with E-state index in [1.807, 2.05) is 6.07 Å². The van der Waals surface area contributed by atoms with E-state index in [9.17, 15) is 0 Å². The van der Waals surface area contributed by atoms with Gasteiger partial charge >= 0.3 is 0 Å². The Kier molecular flexibility index (Phi) is 4.73. The number of ether oxygens (including phenoxy) is 1. The summed E-state index contributed by atoms with van der Waals surface area (Å²) in [6.45, 7) is 2.03. The molecule has 0 spiro atoms. The number of methoxy groups -OCH3 is 1. The highest BCUT2D eigenvalue weighted by molar-refractivity contribution is 6.42. The highest BCUT2D eigenvalue weighted by Crippen LogP contribution is 2.37. The Bertz CT molecular complexity index is 420. The van der Waals surface area contributed by atoms with Crippen molar-refractivity contribution in [2.75, 3.05) is 20.2 Å². The fourth-order valence-electron chi connectivity index (χ4n) is 2.44. The summed E-state index contributed by atoms with van der Waals surface area (Å²) < 4.78 is 5.35. The molecule has 0 aromatic heterocycles. The molecule has 1 heterocycles. The highest BCUT2D eigenvalue weighted by Gasteiger charge is 2.24. The minimum absolute atomic E-state index is 0.0585. The van der Waals surface area contributed by atoms with Crippen LogP contribution in [0.3, 0.4) is 0 Å². The highest BCUT2D eigenvalue weighted by atomic mass is 35.5. The summed E-state index contributed by atoms with van der Waals surface area (Å²) in [5, 5.41) is 4.36. The molecule has 100 valence electrons. The lowest BCUT2D eigenvalue weighted by molar-refractivity contribution is 0.313. The Labute approximate surface area is 118 Å². The van der Waals surface area contributed by atoms with Gasteiger partial charge in [0.2, 0.25) is 0 Å². The van der Waals surface area contributed by atoms with Crippen molar-refractivity contribution >= 4 is 23.2 Å². The van der Waals surface area contributed by atoms with Crippen molar-refractivity contribution in [2.24, 2.45) is 11.7 Å². The lowest BCUT2D eigenvalue weighted by Crippen LogP contribution is -2.33. The van der Waals surface area contributed by atoms with E-state index in [0.717, 1.165) is 37.2 Å². The first-order chi connectivity index (χ1) is 8.63. The van der Waals surface area contributed by atoms with Gasteiger partial charge in [-0.1, -0.05) is 23.2 Å². The summed E-state index contributed by atoms with van der Waals surface area (Å²) in [6, 6.07) is 3.51. The molecule has 1 unspecified atom stereocenters. The van der Waals surface area contributed by atoms with Gasteiger partial charge < -0.3 is 15.8 Å². The molecule has 1 fully saturated rings. The second-order valence-corrected chi connectivity index (χ2v) is 5.44. The van der Waals surface area contributed by atoms with Crippen LogP contribution in [-0.4, -0.2) is 20.2 Å². The summed E-state index contributed by atoms with van der Waals surface area (Å²) in [4.78, 5) is 0. The first-order valence-corrected chi connectivity index (χ1v) is 6.88. The van der Waals surface area contributed by atoms with Gasteiger partial charge in [-0.25, -0.2) is 0 Å². The molecule has 5 heteroatoms. The van der Waals surface area contributed by atoms with Gasteiger partial charge in [-0.2, -0.15) is 0 Å². The Morgan fingerprint density at radius 2 is 1.89 bits per heavy atom. The van der Waals surface area contributed by atoms with Gasteiger partial charge in [-0.15, -0.1) is 0 Å². The average molecular weight is 289 g/mol. The zero-order chi connectivity index (χ0) is 13.1. The number of piperidine rings is 1. The molecule has 18 heavy (non-hydrogen) atoms. The van der Waals surface area contributed by atoms with E-state index >= 15 is 0 Å². The standard InChI is InChI=1S/C13H18Cl2N2O/c1-18-12-7-11(15)10(14)6-9(12)13(16)8-2-4-17-5-3-8/h6-8,13,17H,2-5,16H2,1H3. The lowest BCUT2D eigenvalue weighted by Gasteiger charge is -2.29. The van der Waals surface area contributed by atoms with E-state index < -0.39 is 0 Å². The second kappa shape index (κ2) is 6.11. The molecule has 1 atom stereocenters. The van der Waals surface area contributed by atoms with Crippen molar-refractivity contribution in [1.82, 2.24) is 5.32 Å². The maximum Gasteiger partial charge on any atom is 0.125 e. The van der Waals surface area contributed by atoms with Gasteiger partial charge in [0.05, 0.1) is 17.2 Å². The third-order valence-corrected chi connectivity index (χ3v) is 4.25. The summed E-state index contributed by atoms with van der Waals surface area (Å²) in [5.74, 6) is 1.17. The zero-order valence-electron chi connectivity index (χ0n) is 10.4. The Morgan fingerprint density at radius 1 is 1.28 bits per heavy atom. The number of nitrogens with one attached hydrogen (secondary N) is 1. The molecule has 1 saturated heterocycles. The van der Waals surface area contributed by atoms with Crippen molar-refractivity contribution < 1.29 is 4.74 Å². The van der Waals surface area contributed by atoms with Crippen molar-refractivity contribution in [3.05, 3.63) is 27.7 Å². The third kappa shape index (κ3) is 2.91. The quantitative estimate of drug-likeness (QED) is 0.899. The Hall–Kier alpha value is -0.480. The number of hydrogen-bond donors (Lipinski definition) is 2. The third-order valence-electron chi connectivity index (χ3n) is 3.52. The molecule has 1 aromatic carbocycles. The average Bonchev–Trinajstić information content (AvgIpc) is 2.41. The van der Waals surface area contributed by atoms with Crippen LogP contribution in [0.25, 0.3) is 0 Å². The van der Waals surface area contributed by atoms with Crippen LogP contribution >= 0.6 is 23.2 Å². The molecule has 3 N–H and O–H groups in total. The van der Waals surface area contributed by atoms with Crippen LogP contribution in [0.15, 0.2) is 12.1 Å². The maximum absolute atomic E-state index is 6.36. The lowest BCUT2D eigenvalue weighted by atomic mass is 9.86. The monoisotopic (exact) mass is 288 g/mol. The smallest absolute Gasteiger partial charge is 0.125 e. The predicted molar refractivity (Wildman–Crippen MR) is 75.5 cm³/mol. The molecule has 0 radical (unpaired) electrons. The van der Waals surface area contributed by atoms with Crippen LogP contribution in [0.2, 0.25) is 10.0 Å². The van der Waals surface area contributed by atoms with Gasteiger partial charge in [0, 0.05) is 17.7 Å². The minimum Gasteiger partial charge on any atom is -0.496 e. The molecule has 0 saturated carbocycles. The molecule has 2 rings (SSSR count). The predicted octanol–water partition coefficient (Wildman–Crippen LogP) is 3.00. The molecule has 3 nitrogen and oxygen atoms in total. The van der Waals surface area contributed by atoms with E-state index in [0.29, 0.717) is 16.0 Å². The topological polar surface area (TPSA) is 47.3 Å². The molecule has 1 aliphatic heterocycles. The van der Waals surface area contributed by atoms with Crippen LogP contribution in [0.1, 0.15) is 24.4 Å². The molecule has 1 aliphatic rings. The summed E-state index contributed by atoms with van der Waals surface area (Å²) in [6.07, 6.45) is 2.15. The normalized spacial score (nSPS) is 18.7. The van der Waals surface area contributed by atoms with Gasteiger partial charge in [0.1, 0.15) is 5.75 Å². The number of rotatable bonds is 3. The first-order valence-electron chi connectivity index (χ1n) is 6.12. The number of halogens is 2. The molecule has 0 aliphatic carbocycles. The van der Waals surface area contributed by atoms with Gasteiger partial charge in [0.25, 0.3) is 0 Å². The number of nitrogens with two attached hydrogens (primary N) is 1. The number of hydrogen-bond acceptors (Lipinski definition) is 3. The summed E-state index contributed by atoms with van der Waals surface area (Å²) >= 11 is 12.1. The summed E-state index contributed by atoms with van der Waals surface area (Å²) in [7, 11) is 1.62. The van der Waals surface area contributed by atoms with Gasteiger partial charge in [0.15, 0.2) is 0 Å². The van der Waals surface area contributed by atoms with Crippen molar-refractivity contribution in [3.63, 3.8) is 0 Å². The van der Waals surface area contributed by atoms with Crippen LogP contribution in [-0.2, 0) is 0 Å². The molecular formula is C13H18Cl2N2O. The van der Waals surface area contributed by atoms with Gasteiger partial charge in [-0.3, -0.25) is 0 Å². The maximum atomic E-state index is 6.36. The van der Waals surface area contributed by atoms with Crippen LogP contribution in [0, 0.1) is 5.92 Å². The molecule has 0 amide bonds. The fraction of sp³-hybridized carbons (Fsp3) is 0.538. The van der Waals surface area contributed by atoms with E-state index in [-0.39, 0.29) is 6.04 Å². The molecule has 0 bridgehead atoms. The van der Waals surface area contributed by atoms with Crippen LogP contribution in [0.5, 0.6) is 5.75 Å². The van der Waals surface area contributed by atoms with E-state index in [1.165, 1.54) is 0 Å². The second-order valence-electron chi connectivity index (χ2n) is 4.62. The van der Waals surface area contributed by atoms with Crippen molar-refractivity contribution in [3.8, 4) is 5.75 Å². The SMILES string of the molecule is COc1cc(Cl)c(Cl)cc1C(N)C1CCNCC1. The van der Waals surface area contributed by atoms with E-state index in [4.69, 9.17) is 33.7 Å². The molecule has 1 aromatic rings. The Morgan fingerprint density at radius 3 is 2.50 bits per heavy atom. The van der Waals surface area contributed by atoms with Crippen molar-refractivity contribution in [2.45, 2.75) is 18.9 Å². The van der Waals surface area contributed by atoms with Gasteiger partial charge in [-0.05, 0) is 37.9 Å². The fourth-order valence-corrected chi connectivity index (χ4v) is 2.76. The zero-order valence-corrected chi connectivity index (χ0v) is 11.9. The first kappa shape index (κ1) is 13.9.